The molecular weight excluding hydrogens is 360 g/mol. The molecule has 0 radical (unpaired) electrons. The zero-order chi connectivity index (χ0) is 19.4. The predicted molar refractivity (Wildman–Crippen MR) is 111 cm³/mol. The van der Waals surface area contributed by atoms with Gasteiger partial charge in [0.25, 0.3) is 5.91 Å². The van der Waals surface area contributed by atoms with E-state index in [0.717, 1.165) is 29.5 Å². The summed E-state index contributed by atoms with van der Waals surface area (Å²) in [6, 6.07) is 13.8. The van der Waals surface area contributed by atoms with Gasteiger partial charge in [0, 0.05) is 36.9 Å². The number of aryl methyl sites for hydroxylation is 2. The van der Waals surface area contributed by atoms with Crippen molar-refractivity contribution in [2.24, 2.45) is 0 Å². The summed E-state index contributed by atoms with van der Waals surface area (Å²) in [5.74, 6) is 0.814. The molecule has 0 unspecified atom stereocenters. The van der Waals surface area contributed by atoms with E-state index in [1.54, 1.807) is 0 Å². The number of rotatable bonds is 5. The monoisotopic (exact) mass is 386 g/mol. The molecule has 0 aromatic heterocycles. The molecule has 0 bridgehead atoms. The van der Waals surface area contributed by atoms with Gasteiger partial charge in [-0.2, -0.15) is 0 Å². The number of hydrogen-bond donors (Lipinski definition) is 0. The van der Waals surface area contributed by atoms with E-state index in [9.17, 15) is 4.79 Å². The molecule has 1 saturated heterocycles. The number of anilines is 1. The van der Waals surface area contributed by atoms with E-state index in [4.69, 9.17) is 16.3 Å². The quantitative estimate of drug-likeness (QED) is 0.760. The fourth-order valence-electron chi connectivity index (χ4n) is 3.38. The van der Waals surface area contributed by atoms with Crippen molar-refractivity contribution in [3.63, 3.8) is 0 Å². The molecule has 2 aromatic rings. The number of carbonyl (C=O) groups excluding carboxylic acids is 1. The van der Waals surface area contributed by atoms with Crippen LogP contribution in [-0.2, 0) is 4.79 Å². The normalized spacial score (nSPS) is 15.6. The fourth-order valence-corrected chi connectivity index (χ4v) is 3.55. The molecule has 1 atom stereocenters. The molecule has 0 saturated carbocycles. The Labute approximate surface area is 166 Å². The number of hydrogen-bond acceptors (Lipinski definition) is 3. The molecule has 0 aliphatic carbocycles. The number of benzene rings is 2. The van der Waals surface area contributed by atoms with E-state index in [2.05, 4.69) is 11.8 Å². The summed E-state index contributed by atoms with van der Waals surface area (Å²) in [5, 5.41) is 0.742. The lowest BCUT2D eigenvalue weighted by Gasteiger charge is -2.38. The van der Waals surface area contributed by atoms with E-state index < -0.39 is 6.10 Å². The molecular formula is C22H27ClN2O2. The first-order chi connectivity index (χ1) is 13.0. The number of amides is 1. The van der Waals surface area contributed by atoms with Crippen molar-refractivity contribution >= 4 is 23.2 Å². The standard InChI is InChI=1S/C22H27ClN2O2/c1-4-21(27-19-9-5-16(2)6-10-19)22(26)25-13-11-24(12-14-25)20-15-18(23)8-7-17(20)3/h5-10,15,21H,4,11-14H2,1-3H3/t21-/m0/s1. The highest BCUT2D eigenvalue weighted by atomic mass is 35.5. The van der Waals surface area contributed by atoms with Gasteiger partial charge in [-0.3, -0.25) is 4.79 Å². The maximum atomic E-state index is 12.9. The van der Waals surface area contributed by atoms with Gasteiger partial charge in [0.2, 0.25) is 0 Å². The second-order valence-corrected chi connectivity index (χ2v) is 7.51. The van der Waals surface area contributed by atoms with Gasteiger partial charge in [0.05, 0.1) is 0 Å². The fraction of sp³-hybridized carbons (Fsp3) is 0.409. The zero-order valence-corrected chi connectivity index (χ0v) is 17.0. The van der Waals surface area contributed by atoms with Gasteiger partial charge < -0.3 is 14.5 Å². The Bertz CT molecular complexity index is 783. The Hall–Kier alpha value is -2.20. The Morgan fingerprint density at radius 1 is 1.07 bits per heavy atom. The third-order valence-corrected chi connectivity index (χ3v) is 5.28. The maximum Gasteiger partial charge on any atom is 0.263 e. The van der Waals surface area contributed by atoms with Gasteiger partial charge in [-0.25, -0.2) is 0 Å². The van der Waals surface area contributed by atoms with Crippen molar-refractivity contribution in [2.45, 2.75) is 33.3 Å². The summed E-state index contributed by atoms with van der Waals surface area (Å²) in [7, 11) is 0. The number of halogens is 1. The van der Waals surface area contributed by atoms with Gasteiger partial charge in [-0.05, 0) is 50.1 Å². The van der Waals surface area contributed by atoms with E-state index in [1.165, 1.54) is 11.1 Å². The van der Waals surface area contributed by atoms with Crippen LogP contribution in [0, 0.1) is 13.8 Å². The molecule has 0 spiro atoms. The van der Waals surface area contributed by atoms with Crippen molar-refractivity contribution in [1.29, 1.82) is 0 Å². The van der Waals surface area contributed by atoms with Gasteiger partial charge in [-0.1, -0.05) is 42.3 Å². The first-order valence-electron chi connectivity index (χ1n) is 9.51. The Morgan fingerprint density at radius 2 is 1.74 bits per heavy atom. The number of ether oxygens (including phenoxy) is 1. The van der Waals surface area contributed by atoms with Gasteiger partial charge in [0.1, 0.15) is 5.75 Å². The molecule has 1 aliphatic rings. The van der Waals surface area contributed by atoms with Crippen molar-refractivity contribution in [3.05, 3.63) is 58.6 Å². The molecule has 144 valence electrons. The smallest absolute Gasteiger partial charge is 0.263 e. The SMILES string of the molecule is CC[C@H](Oc1ccc(C)cc1)C(=O)N1CCN(c2cc(Cl)ccc2C)CC1. The highest BCUT2D eigenvalue weighted by molar-refractivity contribution is 6.30. The van der Waals surface area contributed by atoms with Crippen molar-refractivity contribution in [2.75, 3.05) is 31.1 Å². The van der Waals surface area contributed by atoms with Crippen LogP contribution < -0.4 is 9.64 Å². The van der Waals surface area contributed by atoms with E-state index in [1.807, 2.05) is 61.2 Å². The van der Waals surface area contributed by atoms with Crippen molar-refractivity contribution in [3.8, 4) is 5.75 Å². The van der Waals surface area contributed by atoms with Crippen LogP contribution >= 0.6 is 11.6 Å². The molecule has 1 amide bonds. The molecule has 4 nitrogen and oxygen atoms in total. The summed E-state index contributed by atoms with van der Waals surface area (Å²) in [4.78, 5) is 17.1. The van der Waals surface area contributed by atoms with Gasteiger partial charge >= 0.3 is 0 Å². The summed E-state index contributed by atoms with van der Waals surface area (Å²) in [6.07, 6.45) is 0.215. The third kappa shape index (κ3) is 4.75. The first-order valence-corrected chi connectivity index (χ1v) is 9.89. The molecule has 1 fully saturated rings. The summed E-state index contributed by atoms with van der Waals surface area (Å²) >= 11 is 6.15. The summed E-state index contributed by atoms with van der Waals surface area (Å²) in [5.41, 5.74) is 3.53. The topological polar surface area (TPSA) is 32.8 Å². The zero-order valence-electron chi connectivity index (χ0n) is 16.2. The van der Waals surface area contributed by atoms with Crippen LogP contribution in [0.25, 0.3) is 0 Å². The van der Waals surface area contributed by atoms with Gasteiger partial charge in [0.15, 0.2) is 6.10 Å². The molecule has 2 aromatic carbocycles. The van der Waals surface area contributed by atoms with Gasteiger partial charge in [-0.15, -0.1) is 0 Å². The molecule has 1 heterocycles. The minimum Gasteiger partial charge on any atom is -0.481 e. The van der Waals surface area contributed by atoms with Crippen LogP contribution in [-0.4, -0.2) is 43.1 Å². The Kier molecular flexibility index (Phi) is 6.27. The lowest BCUT2D eigenvalue weighted by molar-refractivity contribution is -0.139. The van der Waals surface area contributed by atoms with Crippen LogP contribution in [0.1, 0.15) is 24.5 Å². The maximum absolute atomic E-state index is 12.9. The van der Waals surface area contributed by atoms with Crippen LogP contribution in [0.3, 0.4) is 0 Å². The van der Waals surface area contributed by atoms with E-state index in [0.29, 0.717) is 19.5 Å². The van der Waals surface area contributed by atoms with Crippen molar-refractivity contribution in [1.82, 2.24) is 4.90 Å². The van der Waals surface area contributed by atoms with Crippen LogP contribution in [0.4, 0.5) is 5.69 Å². The Balaban J connectivity index is 1.61. The average molecular weight is 387 g/mol. The number of carbonyl (C=O) groups is 1. The first kappa shape index (κ1) is 19.6. The van der Waals surface area contributed by atoms with E-state index in [-0.39, 0.29) is 5.91 Å². The molecule has 1 aliphatic heterocycles. The molecule has 5 heteroatoms. The Morgan fingerprint density at radius 3 is 2.37 bits per heavy atom. The highest BCUT2D eigenvalue weighted by Gasteiger charge is 2.28. The van der Waals surface area contributed by atoms with Crippen LogP contribution in [0.5, 0.6) is 5.75 Å². The number of nitrogens with zero attached hydrogens (tertiary/aromatic N) is 2. The molecule has 3 rings (SSSR count). The van der Waals surface area contributed by atoms with Crippen LogP contribution in [0.2, 0.25) is 5.02 Å². The second kappa shape index (κ2) is 8.66. The minimum atomic E-state index is -0.438. The van der Waals surface area contributed by atoms with Crippen molar-refractivity contribution < 1.29 is 9.53 Å². The molecule has 0 N–H and O–H groups in total. The highest BCUT2D eigenvalue weighted by Crippen LogP contribution is 2.25. The molecule has 27 heavy (non-hydrogen) atoms. The lowest BCUT2D eigenvalue weighted by atomic mass is 10.1. The largest absolute Gasteiger partial charge is 0.481 e. The summed E-state index contributed by atoms with van der Waals surface area (Å²) < 4.78 is 5.96. The summed E-state index contributed by atoms with van der Waals surface area (Å²) in [6.45, 7) is 9.10. The number of piperazine rings is 1. The average Bonchev–Trinajstić information content (AvgIpc) is 2.69. The van der Waals surface area contributed by atoms with Crippen LogP contribution in [0.15, 0.2) is 42.5 Å². The lowest BCUT2D eigenvalue weighted by Crippen LogP contribution is -2.52. The van der Waals surface area contributed by atoms with E-state index >= 15 is 0 Å². The second-order valence-electron chi connectivity index (χ2n) is 7.07. The third-order valence-electron chi connectivity index (χ3n) is 5.05. The minimum absolute atomic E-state index is 0.0699. The predicted octanol–water partition coefficient (Wildman–Crippen LogP) is 4.46.